The molecule has 5 rings (SSSR count). The number of fused-ring (bicyclic) bond motifs is 3. The Hall–Kier alpha value is -2.50. The second-order valence-corrected chi connectivity index (χ2v) is 7.82. The zero-order valence-electron chi connectivity index (χ0n) is 16.5. The van der Waals surface area contributed by atoms with Crippen molar-refractivity contribution in [2.45, 2.75) is 25.4 Å². The summed E-state index contributed by atoms with van der Waals surface area (Å²) in [5, 5.41) is 5.06. The van der Waals surface area contributed by atoms with Gasteiger partial charge in [-0.2, -0.15) is 0 Å². The van der Waals surface area contributed by atoms with Gasteiger partial charge in [-0.3, -0.25) is 0 Å². The highest BCUT2D eigenvalue weighted by atomic mass is 16.5. The highest BCUT2D eigenvalue weighted by molar-refractivity contribution is 5.86. The lowest BCUT2D eigenvalue weighted by Gasteiger charge is -2.31. The molecule has 3 heterocycles. The number of methoxy groups -OCH3 is 1. The van der Waals surface area contributed by atoms with Crippen LogP contribution in [0, 0.1) is 0 Å². The standard InChI is InChI=1S/C23H27N3O2/c1-15-13-20-19-14-18(27-2)7-8-21(19)25-23(20)22(24-15)16-3-5-17(6-4-16)26-9-11-28-12-10-26/h3-8,14-15,22,24-25H,9-13H2,1-2H3/t15-,22+/m0/s1. The van der Waals surface area contributed by atoms with Gasteiger partial charge in [0.2, 0.25) is 0 Å². The fourth-order valence-corrected chi connectivity index (χ4v) is 4.54. The first-order valence-electron chi connectivity index (χ1n) is 10.1. The van der Waals surface area contributed by atoms with Crippen LogP contribution >= 0.6 is 0 Å². The van der Waals surface area contributed by atoms with Crippen molar-refractivity contribution in [1.29, 1.82) is 0 Å². The highest BCUT2D eigenvalue weighted by Crippen LogP contribution is 2.36. The van der Waals surface area contributed by atoms with Gasteiger partial charge in [0.25, 0.3) is 0 Å². The summed E-state index contributed by atoms with van der Waals surface area (Å²) in [6.07, 6.45) is 1.02. The number of rotatable bonds is 3. The summed E-state index contributed by atoms with van der Waals surface area (Å²) >= 11 is 0. The third-order valence-corrected chi connectivity index (χ3v) is 6.00. The van der Waals surface area contributed by atoms with Crippen LogP contribution in [0.4, 0.5) is 5.69 Å². The number of nitrogens with zero attached hydrogens (tertiary/aromatic N) is 1. The number of hydrogen-bond donors (Lipinski definition) is 2. The number of morpholine rings is 1. The zero-order chi connectivity index (χ0) is 19.1. The molecule has 0 amide bonds. The fraction of sp³-hybridized carbons (Fsp3) is 0.391. The second kappa shape index (κ2) is 7.15. The predicted octanol–water partition coefficient (Wildman–Crippen LogP) is 3.64. The third kappa shape index (κ3) is 3.05. The molecule has 5 heteroatoms. The van der Waals surface area contributed by atoms with Gasteiger partial charge in [0.15, 0.2) is 0 Å². The summed E-state index contributed by atoms with van der Waals surface area (Å²) in [6.45, 7) is 5.81. The van der Waals surface area contributed by atoms with Crippen LogP contribution in [0.5, 0.6) is 5.75 Å². The van der Waals surface area contributed by atoms with Crippen molar-refractivity contribution < 1.29 is 9.47 Å². The van der Waals surface area contributed by atoms with Crippen LogP contribution in [-0.4, -0.2) is 44.4 Å². The molecule has 2 aliphatic heterocycles. The number of hydrogen-bond acceptors (Lipinski definition) is 4. The van der Waals surface area contributed by atoms with Gasteiger partial charge >= 0.3 is 0 Å². The van der Waals surface area contributed by atoms with Crippen LogP contribution < -0.4 is 15.0 Å². The zero-order valence-corrected chi connectivity index (χ0v) is 16.5. The van der Waals surface area contributed by atoms with Crippen LogP contribution in [0.2, 0.25) is 0 Å². The molecule has 0 spiro atoms. The van der Waals surface area contributed by atoms with Gasteiger partial charge in [-0.1, -0.05) is 12.1 Å². The van der Waals surface area contributed by atoms with Crippen molar-refractivity contribution in [2.75, 3.05) is 38.3 Å². The first-order chi connectivity index (χ1) is 13.7. The molecule has 0 unspecified atom stereocenters. The van der Waals surface area contributed by atoms with E-state index < -0.39 is 0 Å². The third-order valence-electron chi connectivity index (χ3n) is 6.00. The Morgan fingerprint density at radius 3 is 2.61 bits per heavy atom. The Morgan fingerprint density at radius 2 is 1.86 bits per heavy atom. The maximum atomic E-state index is 5.47. The minimum absolute atomic E-state index is 0.177. The molecule has 1 fully saturated rings. The van der Waals surface area contributed by atoms with E-state index in [2.05, 4.69) is 58.5 Å². The molecular formula is C23H27N3O2. The largest absolute Gasteiger partial charge is 0.497 e. The van der Waals surface area contributed by atoms with E-state index in [4.69, 9.17) is 9.47 Å². The van der Waals surface area contributed by atoms with Crippen LogP contribution in [-0.2, 0) is 11.2 Å². The summed E-state index contributed by atoms with van der Waals surface area (Å²) in [6, 6.07) is 15.9. The molecule has 1 saturated heterocycles. The lowest BCUT2D eigenvalue weighted by molar-refractivity contribution is 0.122. The van der Waals surface area contributed by atoms with Crippen molar-refractivity contribution in [3.05, 3.63) is 59.3 Å². The molecule has 2 atom stereocenters. The Morgan fingerprint density at radius 1 is 1.07 bits per heavy atom. The normalized spacial score (nSPS) is 22.3. The topological polar surface area (TPSA) is 49.5 Å². The highest BCUT2D eigenvalue weighted by Gasteiger charge is 2.29. The van der Waals surface area contributed by atoms with Crippen molar-refractivity contribution in [3.8, 4) is 5.75 Å². The molecule has 0 radical (unpaired) electrons. The number of ether oxygens (including phenoxy) is 2. The first kappa shape index (κ1) is 17.6. The van der Waals surface area contributed by atoms with Gasteiger partial charge in [-0.25, -0.2) is 0 Å². The summed E-state index contributed by atoms with van der Waals surface area (Å²) < 4.78 is 10.9. The summed E-state index contributed by atoms with van der Waals surface area (Å²) in [5.74, 6) is 0.909. The Kier molecular flexibility index (Phi) is 4.49. The first-order valence-corrected chi connectivity index (χ1v) is 10.1. The van der Waals surface area contributed by atoms with Crippen LogP contribution in [0.3, 0.4) is 0 Å². The minimum atomic E-state index is 0.177. The van der Waals surface area contributed by atoms with Crippen molar-refractivity contribution in [3.63, 3.8) is 0 Å². The molecule has 5 nitrogen and oxygen atoms in total. The number of anilines is 1. The lowest BCUT2D eigenvalue weighted by Crippen LogP contribution is -2.38. The van der Waals surface area contributed by atoms with E-state index >= 15 is 0 Å². The molecule has 2 aromatic carbocycles. The molecule has 0 aliphatic carbocycles. The summed E-state index contributed by atoms with van der Waals surface area (Å²) in [4.78, 5) is 6.06. The molecule has 146 valence electrons. The van der Waals surface area contributed by atoms with Gasteiger partial charge in [-0.05, 0) is 54.8 Å². The van der Waals surface area contributed by atoms with E-state index in [9.17, 15) is 0 Å². The molecule has 1 aromatic heterocycles. The van der Waals surface area contributed by atoms with Crippen LogP contribution in [0.1, 0.15) is 29.8 Å². The SMILES string of the molecule is COc1ccc2[nH]c3c(c2c1)C[C@H](C)N[C@@H]3c1ccc(N2CCOCC2)cc1. The van der Waals surface area contributed by atoms with E-state index in [1.54, 1.807) is 7.11 Å². The van der Waals surface area contributed by atoms with Gasteiger partial charge in [0.05, 0.1) is 26.4 Å². The van der Waals surface area contributed by atoms with E-state index in [0.29, 0.717) is 6.04 Å². The molecule has 28 heavy (non-hydrogen) atoms. The van der Waals surface area contributed by atoms with Gasteiger partial charge in [0.1, 0.15) is 5.75 Å². The van der Waals surface area contributed by atoms with Crippen LogP contribution in [0.15, 0.2) is 42.5 Å². The van der Waals surface area contributed by atoms with Crippen LogP contribution in [0.25, 0.3) is 10.9 Å². The quantitative estimate of drug-likeness (QED) is 0.732. The Bertz CT molecular complexity index is 973. The minimum Gasteiger partial charge on any atom is -0.497 e. The molecule has 2 N–H and O–H groups in total. The number of H-pyrrole nitrogens is 1. The summed E-state index contributed by atoms with van der Waals surface area (Å²) in [5.41, 5.74) is 6.43. The average molecular weight is 377 g/mol. The predicted molar refractivity (Wildman–Crippen MR) is 112 cm³/mol. The van der Waals surface area contributed by atoms with E-state index in [1.807, 2.05) is 6.07 Å². The average Bonchev–Trinajstić information content (AvgIpc) is 3.11. The molecule has 0 saturated carbocycles. The second-order valence-electron chi connectivity index (χ2n) is 7.82. The van der Waals surface area contributed by atoms with Crippen molar-refractivity contribution in [2.24, 2.45) is 0 Å². The van der Waals surface area contributed by atoms with Gasteiger partial charge in [0, 0.05) is 41.4 Å². The smallest absolute Gasteiger partial charge is 0.119 e. The van der Waals surface area contributed by atoms with E-state index in [0.717, 1.165) is 38.5 Å². The monoisotopic (exact) mass is 377 g/mol. The number of benzene rings is 2. The Balaban J connectivity index is 1.51. The van der Waals surface area contributed by atoms with Crippen molar-refractivity contribution >= 4 is 16.6 Å². The maximum absolute atomic E-state index is 5.47. The number of aromatic amines is 1. The fourth-order valence-electron chi connectivity index (χ4n) is 4.54. The molecular weight excluding hydrogens is 350 g/mol. The summed E-state index contributed by atoms with van der Waals surface area (Å²) in [7, 11) is 1.73. The van der Waals surface area contributed by atoms with E-state index in [1.165, 1.54) is 33.4 Å². The number of aromatic nitrogens is 1. The lowest BCUT2D eigenvalue weighted by atomic mass is 9.91. The van der Waals surface area contributed by atoms with Gasteiger partial charge in [-0.15, -0.1) is 0 Å². The molecule has 3 aromatic rings. The number of nitrogens with one attached hydrogen (secondary N) is 2. The molecule has 2 aliphatic rings. The maximum Gasteiger partial charge on any atom is 0.119 e. The van der Waals surface area contributed by atoms with Gasteiger partial charge < -0.3 is 24.7 Å². The van der Waals surface area contributed by atoms with E-state index in [-0.39, 0.29) is 6.04 Å². The molecule has 0 bridgehead atoms. The Labute approximate surface area is 165 Å². The van der Waals surface area contributed by atoms with Crippen molar-refractivity contribution in [1.82, 2.24) is 10.3 Å².